The van der Waals surface area contributed by atoms with Crippen molar-refractivity contribution in [3.05, 3.63) is 48.0 Å². The molecule has 0 spiro atoms. The number of unbranched alkanes of at least 4 members (excludes halogenated alkanes) is 3. The minimum Gasteiger partial charge on any atom is -0.469 e. The van der Waals surface area contributed by atoms with Crippen LogP contribution >= 0.6 is 0 Å². The summed E-state index contributed by atoms with van der Waals surface area (Å²) in [6, 6.07) is 9.70. The molecule has 1 heterocycles. The molecule has 1 aromatic rings. The maximum absolute atomic E-state index is 12.3. The van der Waals surface area contributed by atoms with Gasteiger partial charge in [0.1, 0.15) is 0 Å². The molecule has 5 heteroatoms. The molecule has 0 aliphatic carbocycles. The van der Waals surface area contributed by atoms with E-state index in [1.807, 2.05) is 41.3 Å². The van der Waals surface area contributed by atoms with Crippen LogP contribution in [0.5, 0.6) is 0 Å². The van der Waals surface area contributed by atoms with E-state index in [1.165, 1.54) is 7.11 Å². The van der Waals surface area contributed by atoms with Gasteiger partial charge in [-0.3, -0.25) is 14.4 Å². The summed E-state index contributed by atoms with van der Waals surface area (Å²) in [6.45, 7) is 0.707. The van der Waals surface area contributed by atoms with Crippen LogP contribution in [0.4, 0.5) is 0 Å². The third kappa shape index (κ3) is 7.67. The van der Waals surface area contributed by atoms with Crippen LogP contribution in [0.25, 0.3) is 0 Å². The molecular weight excluding hydrogens is 354 g/mol. The lowest BCUT2D eigenvalue weighted by Crippen LogP contribution is -2.43. The molecule has 1 aliphatic heterocycles. The van der Waals surface area contributed by atoms with Crippen molar-refractivity contribution in [2.24, 2.45) is 0 Å². The fraction of sp³-hybridized carbons (Fsp3) is 0.522. The largest absolute Gasteiger partial charge is 0.469 e. The summed E-state index contributed by atoms with van der Waals surface area (Å²) >= 11 is 0. The smallest absolute Gasteiger partial charge is 0.305 e. The van der Waals surface area contributed by atoms with E-state index in [2.05, 4.69) is 4.74 Å². The van der Waals surface area contributed by atoms with E-state index in [9.17, 15) is 14.4 Å². The maximum Gasteiger partial charge on any atom is 0.305 e. The maximum atomic E-state index is 12.3. The fourth-order valence-corrected chi connectivity index (χ4v) is 3.52. The number of likely N-dealkylation sites (tertiary alicyclic amines) is 1. The molecule has 0 bridgehead atoms. The van der Waals surface area contributed by atoms with Gasteiger partial charge in [-0.15, -0.1) is 0 Å². The summed E-state index contributed by atoms with van der Waals surface area (Å²) in [6.07, 6.45) is 10.4. The number of rotatable bonds is 11. The molecule has 0 aromatic heterocycles. The fourth-order valence-electron chi connectivity index (χ4n) is 3.52. The van der Waals surface area contributed by atoms with Crippen molar-refractivity contribution < 1.29 is 19.1 Å². The van der Waals surface area contributed by atoms with Crippen LogP contribution in [0, 0.1) is 0 Å². The van der Waals surface area contributed by atoms with Gasteiger partial charge in [-0.05, 0) is 37.3 Å². The molecule has 1 amide bonds. The predicted octanol–water partition coefficient (Wildman–Crippen LogP) is 3.86. The average Bonchev–Trinajstić information content (AvgIpc) is 2.70. The van der Waals surface area contributed by atoms with Crippen LogP contribution in [0.15, 0.2) is 42.5 Å². The Labute approximate surface area is 167 Å². The Morgan fingerprint density at radius 3 is 2.64 bits per heavy atom. The van der Waals surface area contributed by atoms with Crippen molar-refractivity contribution in [3.63, 3.8) is 0 Å². The molecule has 1 aliphatic rings. The van der Waals surface area contributed by atoms with Gasteiger partial charge in [-0.25, -0.2) is 0 Å². The lowest BCUT2D eigenvalue weighted by molar-refractivity contribution is -0.140. The molecule has 1 fully saturated rings. The highest BCUT2D eigenvalue weighted by Crippen LogP contribution is 2.20. The normalized spacial score (nSPS) is 17.1. The van der Waals surface area contributed by atoms with Crippen molar-refractivity contribution in [1.29, 1.82) is 0 Å². The summed E-state index contributed by atoms with van der Waals surface area (Å²) in [7, 11) is 1.41. The minimum absolute atomic E-state index is 0.0102. The Morgan fingerprint density at radius 2 is 1.89 bits per heavy atom. The highest BCUT2D eigenvalue weighted by Gasteiger charge is 2.25. The summed E-state index contributed by atoms with van der Waals surface area (Å²) < 4.78 is 4.64. The average molecular weight is 386 g/mol. The Morgan fingerprint density at radius 1 is 1.14 bits per heavy atom. The number of piperidine rings is 1. The standard InChI is InChI=1S/C23H31NO4/c1-28-23(27)14-7-2-3-8-17-24-20(12-9-13-22(24)26)15-16-21(25)18-19-10-5-4-6-11-19/h4-6,10-11,15-16,20H,2-3,7-9,12-14,17-18H2,1H3/b16-15+. The zero-order chi connectivity index (χ0) is 20.2. The van der Waals surface area contributed by atoms with Gasteiger partial charge >= 0.3 is 5.97 Å². The second kappa shape index (κ2) is 12.1. The van der Waals surface area contributed by atoms with Crippen molar-refractivity contribution in [2.45, 2.75) is 63.8 Å². The summed E-state index contributed by atoms with van der Waals surface area (Å²) in [4.78, 5) is 37.6. The Kier molecular flexibility index (Phi) is 9.46. The van der Waals surface area contributed by atoms with Gasteiger partial charge in [0.2, 0.25) is 5.91 Å². The van der Waals surface area contributed by atoms with Crippen molar-refractivity contribution >= 4 is 17.7 Å². The quantitative estimate of drug-likeness (QED) is 0.330. The van der Waals surface area contributed by atoms with Crippen LogP contribution in [0.1, 0.15) is 56.9 Å². The first kappa shape index (κ1) is 21.9. The summed E-state index contributed by atoms with van der Waals surface area (Å²) in [5.41, 5.74) is 1.00. The second-order valence-corrected chi connectivity index (χ2v) is 7.27. The van der Waals surface area contributed by atoms with Crippen molar-refractivity contribution in [3.8, 4) is 0 Å². The van der Waals surface area contributed by atoms with E-state index < -0.39 is 0 Å². The number of carbonyl (C=O) groups is 3. The van der Waals surface area contributed by atoms with E-state index in [0.717, 1.165) is 44.1 Å². The van der Waals surface area contributed by atoms with E-state index >= 15 is 0 Å². The molecule has 0 radical (unpaired) electrons. The van der Waals surface area contributed by atoms with Crippen molar-refractivity contribution in [1.82, 2.24) is 4.90 Å². The van der Waals surface area contributed by atoms with Gasteiger partial charge in [0.05, 0.1) is 13.2 Å². The molecule has 0 N–H and O–H groups in total. The molecule has 2 rings (SSSR count). The van der Waals surface area contributed by atoms with Gasteiger partial charge in [-0.1, -0.05) is 49.2 Å². The summed E-state index contributed by atoms with van der Waals surface area (Å²) in [5.74, 6) is 0.0644. The van der Waals surface area contributed by atoms with Crippen LogP contribution in [0.2, 0.25) is 0 Å². The van der Waals surface area contributed by atoms with Crippen LogP contribution < -0.4 is 0 Å². The summed E-state index contributed by atoms with van der Waals surface area (Å²) in [5, 5.41) is 0. The number of hydrogen-bond donors (Lipinski definition) is 0. The number of carbonyl (C=O) groups excluding carboxylic acids is 3. The zero-order valence-electron chi connectivity index (χ0n) is 16.8. The monoisotopic (exact) mass is 385 g/mol. The van der Waals surface area contributed by atoms with Gasteiger partial charge in [0.15, 0.2) is 5.78 Å². The number of ether oxygens (including phenoxy) is 1. The van der Waals surface area contributed by atoms with E-state index in [-0.39, 0.29) is 23.7 Å². The van der Waals surface area contributed by atoms with Crippen LogP contribution in [0.3, 0.4) is 0 Å². The van der Waals surface area contributed by atoms with Crippen LogP contribution in [-0.4, -0.2) is 42.3 Å². The lowest BCUT2D eigenvalue weighted by atomic mass is 9.99. The molecule has 1 aromatic carbocycles. The van der Waals surface area contributed by atoms with Gasteiger partial charge in [-0.2, -0.15) is 0 Å². The third-order valence-corrected chi connectivity index (χ3v) is 5.09. The van der Waals surface area contributed by atoms with Gasteiger partial charge < -0.3 is 9.64 Å². The number of benzene rings is 1. The molecule has 152 valence electrons. The number of hydrogen-bond acceptors (Lipinski definition) is 4. The molecule has 28 heavy (non-hydrogen) atoms. The molecule has 1 saturated heterocycles. The number of esters is 1. The number of allylic oxidation sites excluding steroid dienone is 1. The lowest BCUT2D eigenvalue weighted by Gasteiger charge is -2.34. The highest BCUT2D eigenvalue weighted by atomic mass is 16.5. The SMILES string of the molecule is COC(=O)CCCCCCN1C(=O)CCCC1/C=C/C(=O)Cc1ccccc1. The van der Waals surface area contributed by atoms with E-state index in [4.69, 9.17) is 0 Å². The topological polar surface area (TPSA) is 63.7 Å². The van der Waals surface area contributed by atoms with Crippen LogP contribution in [-0.2, 0) is 25.5 Å². The second-order valence-electron chi connectivity index (χ2n) is 7.27. The number of methoxy groups -OCH3 is 1. The molecule has 1 atom stereocenters. The first-order valence-corrected chi connectivity index (χ1v) is 10.2. The van der Waals surface area contributed by atoms with Gasteiger partial charge in [0.25, 0.3) is 0 Å². The Balaban J connectivity index is 1.78. The molecule has 0 saturated carbocycles. The zero-order valence-corrected chi connectivity index (χ0v) is 16.8. The highest BCUT2D eigenvalue weighted by molar-refractivity contribution is 5.91. The molecule has 5 nitrogen and oxygen atoms in total. The molecule has 1 unspecified atom stereocenters. The van der Waals surface area contributed by atoms with Crippen molar-refractivity contribution in [2.75, 3.05) is 13.7 Å². The Hall–Kier alpha value is -2.43. The third-order valence-electron chi connectivity index (χ3n) is 5.09. The Bertz CT molecular complexity index is 668. The minimum atomic E-state index is -0.170. The van der Waals surface area contributed by atoms with Gasteiger partial charge in [0, 0.05) is 25.8 Å². The molecular formula is C23H31NO4. The number of amides is 1. The first-order valence-electron chi connectivity index (χ1n) is 10.2. The number of nitrogens with zero attached hydrogens (tertiary/aromatic N) is 1. The number of ketones is 1. The predicted molar refractivity (Wildman–Crippen MR) is 109 cm³/mol. The van der Waals surface area contributed by atoms with E-state index in [0.29, 0.717) is 25.8 Å². The van der Waals surface area contributed by atoms with E-state index in [1.54, 1.807) is 6.08 Å². The first-order chi connectivity index (χ1) is 13.6.